The van der Waals surface area contributed by atoms with E-state index in [-0.39, 0.29) is 18.2 Å². The van der Waals surface area contributed by atoms with Crippen molar-refractivity contribution in [3.05, 3.63) is 22.4 Å². The predicted octanol–water partition coefficient (Wildman–Crippen LogP) is 2.95. The van der Waals surface area contributed by atoms with Crippen LogP contribution in [0.2, 0.25) is 0 Å². The van der Waals surface area contributed by atoms with Crippen LogP contribution in [0.5, 0.6) is 0 Å². The van der Waals surface area contributed by atoms with Gasteiger partial charge >= 0.3 is 0 Å². The Labute approximate surface area is 90.1 Å². The zero-order valence-electron chi connectivity index (χ0n) is 9.07. The lowest BCUT2D eigenvalue weighted by atomic mass is 10.1. The summed E-state index contributed by atoms with van der Waals surface area (Å²) in [5.41, 5.74) is 6.04. The molecule has 80 valence electrons. The molecule has 0 fully saturated rings. The summed E-state index contributed by atoms with van der Waals surface area (Å²) in [5.74, 6) is 0. The summed E-state index contributed by atoms with van der Waals surface area (Å²) >= 11 is 1.71. The van der Waals surface area contributed by atoms with E-state index < -0.39 is 0 Å². The summed E-state index contributed by atoms with van der Waals surface area (Å²) in [6, 6.07) is 4.22. The summed E-state index contributed by atoms with van der Waals surface area (Å²) < 4.78 is 5.83. The molecule has 0 aliphatic rings. The van der Waals surface area contributed by atoms with Gasteiger partial charge in [0.05, 0.1) is 6.10 Å². The molecule has 0 spiro atoms. The molecule has 1 heterocycles. The van der Waals surface area contributed by atoms with E-state index in [1.54, 1.807) is 11.3 Å². The molecule has 0 aliphatic heterocycles. The number of ether oxygens (including phenoxy) is 1. The van der Waals surface area contributed by atoms with Crippen molar-refractivity contribution in [2.45, 2.75) is 45.4 Å². The van der Waals surface area contributed by atoms with E-state index in [0.29, 0.717) is 0 Å². The number of nitrogens with two attached hydrogens (primary N) is 1. The smallest absolute Gasteiger partial charge is 0.107 e. The van der Waals surface area contributed by atoms with Gasteiger partial charge in [-0.25, -0.2) is 0 Å². The summed E-state index contributed by atoms with van der Waals surface area (Å²) in [6.07, 6.45) is 1.22. The number of rotatable bonds is 5. The van der Waals surface area contributed by atoms with Gasteiger partial charge in [0.15, 0.2) is 0 Å². The van der Waals surface area contributed by atoms with Crippen LogP contribution in [0.1, 0.15) is 38.2 Å². The lowest BCUT2D eigenvalue weighted by Crippen LogP contribution is -2.30. The molecule has 1 rings (SSSR count). The van der Waals surface area contributed by atoms with Crippen LogP contribution in [0.25, 0.3) is 0 Å². The van der Waals surface area contributed by atoms with Crippen molar-refractivity contribution in [2.75, 3.05) is 0 Å². The molecule has 0 bridgehead atoms. The first-order valence-electron chi connectivity index (χ1n) is 5.09. The summed E-state index contributed by atoms with van der Waals surface area (Å²) in [7, 11) is 0. The van der Waals surface area contributed by atoms with Gasteiger partial charge in [-0.05, 0) is 31.7 Å². The zero-order valence-corrected chi connectivity index (χ0v) is 9.88. The van der Waals surface area contributed by atoms with Crippen molar-refractivity contribution in [2.24, 2.45) is 5.73 Å². The van der Waals surface area contributed by atoms with Crippen LogP contribution in [0.15, 0.2) is 17.5 Å². The first-order valence-corrected chi connectivity index (χ1v) is 5.97. The molecule has 0 aliphatic carbocycles. The Morgan fingerprint density at radius 2 is 2.21 bits per heavy atom. The normalized spacial score (nSPS) is 15.8. The minimum Gasteiger partial charge on any atom is -0.368 e. The Morgan fingerprint density at radius 3 is 2.64 bits per heavy atom. The highest BCUT2D eigenvalue weighted by atomic mass is 32.1. The maximum Gasteiger partial charge on any atom is 0.107 e. The van der Waals surface area contributed by atoms with E-state index in [4.69, 9.17) is 10.5 Å². The monoisotopic (exact) mass is 213 g/mol. The predicted molar refractivity (Wildman–Crippen MR) is 61.5 cm³/mol. The fourth-order valence-electron chi connectivity index (χ4n) is 1.34. The number of hydrogen-bond acceptors (Lipinski definition) is 3. The molecule has 2 nitrogen and oxygen atoms in total. The highest BCUT2D eigenvalue weighted by Gasteiger charge is 2.21. The van der Waals surface area contributed by atoms with Crippen molar-refractivity contribution >= 4 is 11.3 Å². The van der Waals surface area contributed by atoms with Gasteiger partial charge < -0.3 is 10.5 Å². The average Bonchev–Trinajstić information content (AvgIpc) is 2.65. The summed E-state index contributed by atoms with van der Waals surface area (Å²) in [4.78, 5) is 1.23. The van der Waals surface area contributed by atoms with Gasteiger partial charge in [0.25, 0.3) is 0 Å². The lowest BCUT2D eigenvalue weighted by molar-refractivity contribution is -0.00690. The quantitative estimate of drug-likeness (QED) is 0.816. The molecule has 1 aromatic rings. The van der Waals surface area contributed by atoms with E-state index >= 15 is 0 Å². The first kappa shape index (κ1) is 11.7. The number of hydrogen-bond donors (Lipinski definition) is 1. The van der Waals surface area contributed by atoms with Crippen molar-refractivity contribution in [3.63, 3.8) is 0 Å². The molecule has 0 radical (unpaired) electrons. The minimum atomic E-state index is 0.0556. The van der Waals surface area contributed by atoms with Gasteiger partial charge in [0, 0.05) is 10.9 Å². The Kier molecular flexibility index (Phi) is 4.58. The third-order valence-corrected chi connectivity index (χ3v) is 3.04. The molecule has 0 aromatic carbocycles. The second kappa shape index (κ2) is 5.49. The highest BCUT2D eigenvalue weighted by molar-refractivity contribution is 7.10. The fourth-order valence-corrected chi connectivity index (χ4v) is 2.18. The Bertz CT molecular complexity index is 246. The molecular weight excluding hydrogens is 194 g/mol. The Balaban J connectivity index is 2.72. The fraction of sp³-hybridized carbons (Fsp3) is 0.636. The van der Waals surface area contributed by atoms with Crippen molar-refractivity contribution in [3.8, 4) is 0 Å². The van der Waals surface area contributed by atoms with Crippen LogP contribution in [0.3, 0.4) is 0 Å². The average molecular weight is 213 g/mol. The van der Waals surface area contributed by atoms with Gasteiger partial charge in [-0.15, -0.1) is 11.3 Å². The van der Waals surface area contributed by atoms with Crippen LogP contribution in [0.4, 0.5) is 0 Å². The van der Waals surface area contributed by atoms with E-state index in [9.17, 15) is 0 Å². The van der Waals surface area contributed by atoms with E-state index in [1.807, 2.05) is 19.9 Å². The standard InChI is InChI=1S/C11H19NOS/c1-4-9(12)11(13-8(2)3)10-6-5-7-14-10/h5-9,11H,4,12H2,1-3H3. The third kappa shape index (κ3) is 3.08. The molecule has 2 unspecified atom stereocenters. The molecule has 2 N–H and O–H groups in total. The lowest BCUT2D eigenvalue weighted by Gasteiger charge is -2.24. The minimum absolute atomic E-state index is 0.0556. The zero-order chi connectivity index (χ0) is 10.6. The Morgan fingerprint density at radius 1 is 1.50 bits per heavy atom. The molecule has 0 saturated carbocycles. The molecule has 14 heavy (non-hydrogen) atoms. The van der Waals surface area contributed by atoms with Crippen LogP contribution < -0.4 is 5.73 Å². The third-order valence-electron chi connectivity index (χ3n) is 2.10. The number of thiophene rings is 1. The highest BCUT2D eigenvalue weighted by Crippen LogP contribution is 2.27. The van der Waals surface area contributed by atoms with Gasteiger partial charge in [0.2, 0.25) is 0 Å². The molecule has 3 heteroatoms. The topological polar surface area (TPSA) is 35.2 Å². The SMILES string of the molecule is CCC(N)C(OC(C)C)c1cccs1. The van der Waals surface area contributed by atoms with E-state index in [2.05, 4.69) is 18.4 Å². The Hall–Kier alpha value is -0.380. The molecule has 0 amide bonds. The maximum atomic E-state index is 6.04. The molecule has 0 saturated heterocycles. The molecule has 1 aromatic heterocycles. The van der Waals surface area contributed by atoms with Crippen LogP contribution in [0, 0.1) is 0 Å². The van der Waals surface area contributed by atoms with Crippen LogP contribution in [-0.2, 0) is 4.74 Å². The summed E-state index contributed by atoms with van der Waals surface area (Å²) in [6.45, 7) is 6.18. The largest absolute Gasteiger partial charge is 0.368 e. The van der Waals surface area contributed by atoms with E-state index in [0.717, 1.165) is 6.42 Å². The van der Waals surface area contributed by atoms with Crippen molar-refractivity contribution in [1.29, 1.82) is 0 Å². The molecular formula is C11H19NOS. The van der Waals surface area contributed by atoms with Gasteiger partial charge in [-0.2, -0.15) is 0 Å². The van der Waals surface area contributed by atoms with Crippen molar-refractivity contribution in [1.82, 2.24) is 0 Å². The van der Waals surface area contributed by atoms with Gasteiger partial charge in [0.1, 0.15) is 6.10 Å². The van der Waals surface area contributed by atoms with Gasteiger partial charge in [-0.1, -0.05) is 13.0 Å². The second-order valence-electron chi connectivity index (χ2n) is 3.69. The molecule has 2 atom stereocenters. The second-order valence-corrected chi connectivity index (χ2v) is 4.67. The van der Waals surface area contributed by atoms with Crippen LogP contribution in [-0.4, -0.2) is 12.1 Å². The van der Waals surface area contributed by atoms with Gasteiger partial charge in [-0.3, -0.25) is 0 Å². The van der Waals surface area contributed by atoms with Crippen molar-refractivity contribution < 1.29 is 4.74 Å². The first-order chi connectivity index (χ1) is 6.65. The summed E-state index contributed by atoms with van der Waals surface area (Å²) in [5, 5.41) is 2.06. The van der Waals surface area contributed by atoms with Crippen LogP contribution >= 0.6 is 11.3 Å². The maximum absolute atomic E-state index is 6.04. The van der Waals surface area contributed by atoms with E-state index in [1.165, 1.54) is 4.88 Å².